The molecule has 0 aliphatic carbocycles. The Bertz CT molecular complexity index is 1180. The first kappa shape index (κ1) is 24.1. The van der Waals surface area contributed by atoms with Crippen molar-refractivity contribution in [3.8, 4) is 0 Å². The molecule has 2 saturated heterocycles. The van der Waals surface area contributed by atoms with E-state index in [0.29, 0.717) is 18.3 Å². The van der Waals surface area contributed by atoms with Crippen molar-refractivity contribution in [3.05, 3.63) is 114 Å². The monoisotopic (exact) mass is 530 g/mol. The molecule has 3 aliphatic rings. The first-order chi connectivity index (χ1) is 18.3. The molecule has 37 heavy (non-hydrogen) atoms. The minimum absolute atomic E-state index is 0.289. The molecule has 3 heterocycles. The van der Waals surface area contributed by atoms with Gasteiger partial charge < -0.3 is 20.1 Å². The predicted octanol–water partition coefficient (Wildman–Crippen LogP) is 5.31. The van der Waals surface area contributed by atoms with Crippen LogP contribution in [0.15, 0.2) is 103 Å². The SMILES string of the molecule is S=C(NCCP1N2C(=C3OC[C@H](Cc4ccccc4)N31)OC[C@@H]2Cc1ccccc1)Nc1ccccc1. The zero-order chi connectivity index (χ0) is 25.0. The van der Waals surface area contributed by atoms with Gasteiger partial charge in [-0.3, -0.25) is 9.34 Å². The standard InChI is InChI=1S/C29H31N4O2PS/c37-29(31-24-14-8-3-9-15-24)30-16-17-36-32-25(18-22-10-4-1-5-11-22)20-34-27(32)28-33(36)26(21-35-28)19-23-12-6-2-7-13-23/h1-15,25-26H,16-21H2,(H2,30,31,37)/t25-,26-/m0/s1. The molecule has 8 heteroatoms. The van der Waals surface area contributed by atoms with E-state index in [1.165, 1.54) is 11.1 Å². The van der Waals surface area contributed by atoms with Crippen molar-refractivity contribution < 1.29 is 9.47 Å². The number of thiocarbonyl (C=S) groups is 1. The van der Waals surface area contributed by atoms with Gasteiger partial charge in [0.15, 0.2) is 5.11 Å². The van der Waals surface area contributed by atoms with Crippen LogP contribution in [0.2, 0.25) is 0 Å². The zero-order valence-electron chi connectivity index (χ0n) is 20.6. The summed E-state index contributed by atoms with van der Waals surface area (Å²) in [5, 5.41) is 7.36. The summed E-state index contributed by atoms with van der Waals surface area (Å²) in [4.78, 5) is 0. The summed E-state index contributed by atoms with van der Waals surface area (Å²) in [5.41, 5.74) is 3.65. The third-order valence-corrected chi connectivity index (χ3v) is 9.75. The van der Waals surface area contributed by atoms with Gasteiger partial charge in [0.25, 0.3) is 11.8 Å². The Morgan fingerprint density at radius 2 is 1.24 bits per heavy atom. The Hall–Kier alpha value is -3.28. The Morgan fingerprint density at radius 1 is 0.757 bits per heavy atom. The lowest BCUT2D eigenvalue weighted by molar-refractivity contribution is 0.189. The number of para-hydroxylation sites is 1. The number of fused-ring (bicyclic) bond motifs is 2. The fraction of sp³-hybridized carbons (Fsp3) is 0.276. The molecule has 0 aromatic heterocycles. The molecule has 2 N–H and O–H groups in total. The number of nitrogens with one attached hydrogen (secondary N) is 2. The van der Waals surface area contributed by atoms with Gasteiger partial charge in [-0.2, -0.15) is 0 Å². The first-order valence-corrected chi connectivity index (χ1v) is 14.6. The van der Waals surface area contributed by atoms with E-state index < -0.39 is 8.22 Å². The highest BCUT2D eigenvalue weighted by molar-refractivity contribution is 7.80. The van der Waals surface area contributed by atoms with E-state index in [0.717, 1.165) is 43.0 Å². The molecule has 6 nitrogen and oxygen atoms in total. The third kappa shape index (κ3) is 5.25. The van der Waals surface area contributed by atoms with Crippen molar-refractivity contribution >= 4 is 31.2 Å². The fourth-order valence-corrected chi connectivity index (χ4v) is 8.14. The predicted molar refractivity (Wildman–Crippen MR) is 153 cm³/mol. The van der Waals surface area contributed by atoms with Gasteiger partial charge in [-0.15, -0.1) is 0 Å². The molecule has 190 valence electrons. The summed E-state index contributed by atoms with van der Waals surface area (Å²) in [5.74, 6) is 1.85. The van der Waals surface area contributed by atoms with E-state index in [9.17, 15) is 0 Å². The van der Waals surface area contributed by atoms with E-state index in [-0.39, 0.29) is 12.1 Å². The molecule has 2 fully saturated rings. The average Bonchev–Trinajstić information content (AvgIpc) is 3.60. The number of ether oxygens (including phenoxy) is 2. The Kier molecular flexibility index (Phi) is 7.16. The second kappa shape index (κ2) is 11.0. The number of hydrogen-bond acceptors (Lipinski definition) is 5. The van der Waals surface area contributed by atoms with Crippen LogP contribution in [-0.2, 0) is 22.3 Å². The molecule has 0 amide bonds. The van der Waals surface area contributed by atoms with Crippen LogP contribution in [0.3, 0.4) is 0 Å². The quantitative estimate of drug-likeness (QED) is 0.302. The van der Waals surface area contributed by atoms with Gasteiger partial charge >= 0.3 is 0 Å². The van der Waals surface area contributed by atoms with Crippen LogP contribution in [0.1, 0.15) is 11.1 Å². The van der Waals surface area contributed by atoms with Crippen molar-refractivity contribution in [1.82, 2.24) is 14.7 Å². The molecule has 3 aromatic carbocycles. The van der Waals surface area contributed by atoms with Gasteiger partial charge in [-0.25, -0.2) is 0 Å². The molecule has 0 saturated carbocycles. The summed E-state index contributed by atoms with van der Waals surface area (Å²) in [6.45, 7) is 2.15. The highest BCUT2D eigenvalue weighted by atomic mass is 32.1. The van der Waals surface area contributed by atoms with E-state index in [1.54, 1.807) is 0 Å². The molecular weight excluding hydrogens is 499 g/mol. The maximum Gasteiger partial charge on any atom is 0.257 e. The van der Waals surface area contributed by atoms with Crippen LogP contribution < -0.4 is 10.6 Å². The molecule has 3 aromatic rings. The first-order valence-electron chi connectivity index (χ1n) is 12.8. The third-order valence-electron chi connectivity index (χ3n) is 6.87. The molecule has 3 aliphatic heterocycles. The van der Waals surface area contributed by atoms with Crippen molar-refractivity contribution in [1.29, 1.82) is 0 Å². The topological polar surface area (TPSA) is 49.0 Å². The molecule has 0 bridgehead atoms. The Labute approximate surface area is 225 Å². The molecule has 0 unspecified atom stereocenters. The van der Waals surface area contributed by atoms with Gasteiger partial charge in [0.2, 0.25) is 0 Å². The zero-order valence-corrected chi connectivity index (χ0v) is 22.3. The Balaban J connectivity index is 1.19. The van der Waals surface area contributed by atoms with Crippen LogP contribution in [0.25, 0.3) is 0 Å². The highest BCUT2D eigenvalue weighted by Gasteiger charge is 2.53. The highest BCUT2D eigenvalue weighted by Crippen LogP contribution is 2.62. The summed E-state index contributed by atoms with van der Waals surface area (Å²) < 4.78 is 17.7. The number of anilines is 1. The van der Waals surface area contributed by atoms with E-state index >= 15 is 0 Å². The summed E-state index contributed by atoms with van der Waals surface area (Å²) >= 11 is 5.58. The molecule has 6 rings (SSSR count). The van der Waals surface area contributed by atoms with Crippen LogP contribution >= 0.6 is 20.4 Å². The number of rotatable bonds is 8. The molecule has 2 atom stereocenters. The van der Waals surface area contributed by atoms with Crippen LogP contribution in [0, 0.1) is 0 Å². The molecular formula is C29H31N4O2PS. The van der Waals surface area contributed by atoms with Crippen LogP contribution in [-0.4, -0.2) is 52.5 Å². The largest absolute Gasteiger partial charge is 0.473 e. The smallest absolute Gasteiger partial charge is 0.257 e. The number of hydrogen-bond donors (Lipinski definition) is 2. The van der Waals surface area contributed by atoms with E-state index in [2.05, 4.69) is 80.6 Å². The lowest BCUT2D eigenvalue weighted by Crippen LogP contribution is -2.37. The van der Waals surface area contributed by atoms with E-state index in [1.807, 2.05) is 30.3 Å². The minimum atomic E-state index is -0.694. The van der Waals surface area contributed by atoms with Crippen molar-refractivity contribution in [3.63, 3.8) is 0 Å². The van der Waals surface area contributed by atoms with Crippen LogP contribution in [0.5, 0.6) is 0 Å². The van der Waals surface area contributed by atoms with Gasteiger partial charge in [0.1, 0.15) is 21.4 Å². The second-order valence-electron chi connectivity index (χ2n) is 9.45. The van der Waals surface area contributed by atoms with Crippen molar-refractivity contribution in [2.45, 2.75) is 24.9 Å². The van der Waals surface area contributed by atoms with Gasteiger partial charge in [-0.05, 0) is 48.3 Å². The summed E-state index contributed by atoms with van der Waals surface area (Å²) in [6, 6.07) is 32.0. The molecule has 0 spiro atoms. The van der Waals surface area contributed by atoms with Crippen molar-refractivity contribution in [2.75, 3.05) is 31.2 Å². The summed E-state index contributed by atoms with van der Waals surface area (Å²) in [7, 11) is -0.694. The second-order valence-corrected chi connectivity index (χ2v) is 11.9. The van der Waals surface area contributed by atoms with E-state index in [4.69, 9.17) is 21.7 Å². The normalized spacial score (nSPS) is 20.3. The maximum atomic E-state index is 6.31. The number of nitrogens with zero attached hydrogens (tertiary/aromatic N) is 2. The summed E-state index contributed by atoms with van der Waals surface area (Å²) in [6.07, 6.45) is 2.85. The van der Waals surface area contributed by atoms with Gasteiger partial charge in [-0.1, -0.05) is 78.9 Å². The maximum absolute atomic E-state index is 6.31. The number of benzene rings is 3. The minimum Gasteiger partial charge on any atom is -0.473 e. The lowest BCUT2D eigenvalue weighted by Gasteiger charge is -2.35. The lowest BCUT2D eigenvalue weighted by atomic mass is 10.1. The fourth-order valence-electron chi connectivity index (χ4n) is 5.21. The van der Waals surface area contributed by atoms with Crippen LogP contribution in [0.4, 0.5) is 5.69 Å². The van der Waals surface area contributed by atoms with Gasteiger partial charge in [0, 0.05) is 18.4 Å². The van der Waals surface area contributed by atoms with Gasteiger partial charge in [0.05, 0.1) is 12.1 Å². The van der Waals surface area contributed by atoms with Crippen molar-refractivity contribution in [2.24, 2.45) is 0 Å². The average molecular weight is 531 g/mol. The molecule has 0 radical (unpaired) electrons. The Morgan fingerprint density at radius 3 is 1.76 bits per heavy atom.